The van der Waals surface area contributed by atoms with Crippen LogP contribution in [0.25, 0.3) is 0 Å². The van der Waals surface area contributed by atoms with Crippen molar-refractivity contribution in [2.45, 2.75) is 11.4 Å². The lowest BCUT2D eigenvalue weighted by molar-refractivity contribution is -0.392. The smallest absolute Gasteiger partial charge is 0.358 e. The molecule has 0 fully saturated rings. The van der Waals surface area contributed by atoms with E-state index in [1.54, 1.807) is 0 Å². The van der Waals surface area contributed by atoms with Crippen LogP contribution in [0.3, 0.4) is 0 Å². The van der Waals surface area contributed by atoms with Crippen molar-refractivity contribution in [3.63, 3.8) is 0 Å². The summed E-state index contributed by atoms with van der Waals surface area (Å²) in [6.45, 7) is 0.108. The monoisotopic (exact) mass is 285 g/mol. The summed E-state index contributed by atoms with van der Waals surface area (Å²) in [4.78, 5) is 8.96. The number of allylic oxidation sites excluding steroid dienone is 1. The van der Waals surface area contributed by atoms with Gasteiger partial charge in [-0.05, 0) is 11.0 Å². The highest BCUT2D eigenvalue weighted by Crippen LogP contribution is 2.24. The number of halogens is 2. The molecular formula is C6H5Cl2N3O4S. The van der Waals surface area contributed by atoms with Crippen LogP contribution in [-0.2, 0) is 15.6 Å². The van der Waals surface area contributed by atoms with Gasteiger partial charge in [-0.25, -0.2) is 8.42 Å². The predicted molar refractivity (Wildman–Crippen MR) is 56.9 cm³/mol. The third kappa shape index (κ3) is 2.94. The minimum Gasteiger partial charge on any atom is -0.358 e. The minimum atomic E-state index is -4.19. The molecule has 0 saturated heterocycles. The van der Waals surface area contributed by atoms with Crippen molar-refractivity contribution in [2.24, 2.45) is 0 Å². The average Bonchev–Trinajstić information content (AvgIpc) is 2.58. The first kappa shape index (κ1) is 12.9. The third-order valence-corrected chi connectivity index (χ3v) is 3.02. The van der Waals surface area contributed by atoms with Crippen LogP contribution in [-0.4, -0.2) is 23.1 Å². The van der Waals surface area contributed by atoms with Crippen LogP contribution >= 0.6 is 22.3 Å². The first-order valence-corrected chi connectivity index (χ1v) is 6.52. The molecular weight excluding hydrogens is 281 g/mol. The molecule has 0 N–H and O–H groups in total. The second kappa shape index (κ2) is 4.81. The van der Waals surface area contributed by atoms with Crippen LogP contribution in [0.1, 0.15) is 0 Å². The summed E-state index contributed by atoms with van der Waals surface area (Å²) in [7, 11) is 0.833. The van der Waals surface area contributed by atoms with Crippen molar-refractivity contribution in [1.82, 2.24) is 9.78 Å². The van der Waals surface area contributed by atoms with Gasteiger partial charge in [0.2, 0.25) is 4.90 Å². The SMILES string of the molecule is O=[N+]([O-])c1nn(C/C=C/Cl)cc1S(=O)(=O)Cl. The van der Waals surface area contributed by atoms with E-state index in [9.17, 15) is 18.5 Å². The van der Waals surface area contributed by atoms with E-state index in [-0.39, 0.29) is 6.54 Å². The van der Waals surface area contributed by atoms with Gasteiger partial charge < -0.3 is 10.1 Å². The molecule has 1 aromatic rings. The Balaban J connectivity index is 3.26. The van der Waals surface area contributed by atoms with Gasteiger partial charge in [0.15, 0.2) is 0 Å². The van der Waals surface area contributed by atoms with E-state index in [1.165, 1.54) is 11.6 Å². The quantitative estimate of drug-likeness (QED) is 0.474. The highest BCUT2D eigenvalue weighted by Gasteiger charge is 2.29. The maximum absolute atomic E-state index is 11.0. The zero-order valence-corrected chi connectivity index (χ0v) is 9.91. The molecule has 0 saturated carbocycles. The van der Waals surface area contributed by atoms with E-state index < -0.39 is 24.7 Å². The summed E-state index contributed by atoms with van der Waals surface area (Å²) >= 11 is 5.25. The Morgan fingerprint density at radius 2 is 2.25 bits per heavy atom. The molecule has 0 aliphatic carbocycles. The Labute approximate surface area is 99.8 Å². The molecule has 0 bridgehead atoms. The van der Waals surface area contributed by atoms with Crippen molar-refractivity contribution >= 4 is 37.2 Å². The van der Waals surface area contributed by atoms with Crippen LogP contribution in [0.15, 0.2) is 22.7 Å². The summed E-state index contributed by atoms with van der Waals surface area (Å²) < 4.78 is 23.1. The zero-order valence-electron chi connectivity index (χ0n) is 7.58. The maximum atomic E-state index is 11.0. The van der Waals surface area contributed by atoms with Crippen molar-refractivity contribution in [3.05, 3.63) is 27.9 Å². The molecule has 0 radical (unpaired) electrons. The van der Waals surface area contributed by atoms with Crippen LogP contribution < -0.4 is 0 Å². The normalized spacial score (nSPS) is 12.1. The Kier molecular flexibility index (Phi) is 3.89. The van der Waals surface area contributed by atoms with Gasteiger partial charge in [0.05, 0.1) is 17.8 Å². The van der Waals surface area contributed by atoms with Crippen molar-refractivity contribution in [2.75, 3.05) is 0 Å². The van der Waals surface area contributed by atoms with Gasteiger partial charge in [0.25, 0.3) is 9.05 Å². The van der Waals surface area contributed by atoms with E-state index in [0.717, 1.165) is 10.9 Å². The molecule has 16 heavy (non-hydrogen) atoms. The Hall–Kier alpha value is -1.12. The van der Waals surface area contributed by atoms with Gasteiger partial charge in [0, 0.05) is 16.2 Å². The fourth-order valence-electron chi connectivity index (χ4n) is 0.933. The molecule has 88 valence electrons. The predicted octanol–water partition coefficient (Wildman–Crippen LogP) is 1.47. The van der Waals surface area contributed by atoms with E-state index in [1.807, 2.05) is 0 Å². The Bertz CT molecular complexity index is 536. The van der Waals surface area contributed by atoms with Crippen LogP contribution in [0.2, 0.25) is 0 Å². The maximum Gasteiger partial charge on any atom is 0.410 e. The molecule has 0 aromatic carbocycles. The molecule has 0 aliphatic heterocycles. The highest BCUT2D eigenvalue weighted by molar-refractivity contribution is 8.13. The van der Waals surface area contributed by atoms with Gasteiger partial charge in [-0.2, -0.15) is 4.68 Å². The van der Waals surface area contributed by atoms with Crippen LogP contribution in [0, 0.1) is 10.1 Å². The number of nitro groups is 1. The van der Waals surface area contributed by atoms with E-state index in [0.29, 0.717) is 0 Å². The second-order valence-electron chi connectivity index (χ2n) is 2.60. The van der Waals surface area contributed by atoms with Gasteiger partial charge >= 0.3 is 5.82 Å². The summed E-state index contributed by atoms with van der Waals surface area (Å²) in [5.41, 5.74) is 1.18. The fourth-order valence-corrected chi connectivity index (χ4v) is 1.92. The van der Waals surface area contributed by atoms with E-state index in [4.69, 9.17) is 22.3 Å². The molecule has 1 heterocycles. The largest absolute Gasteiger partial charge is 0.410 e. The number of rotatable bonds is 4. The molecule has 0 atom stereocenters. The number of aromatic nitrogens is 2. The Morgan fingerprint density at radius 3 is 2.62 bits per heavy atom. The lowest BCUT2D eigenvalue weighted by Gasteiger charge is -1.89. The number of nitrogens with zero attached hydrogens (tertiary/aromatic N) is 3. The average molecular weight is 286 g/mol. The van der Waals surface area contributed by atoms with Crippen molar-refractivity contribution < 1.29 is 13.3 Å². The molecule has 0 aliphatic rings. The number of hydrogen-bond donors (Lipinski definition) is 0. The van der Waals surface area contributed by atoms with Crippen LogP contribution in [0.5, 0.6) is 0 Å². The number of hydrogen-bond acceptors (Lipinski definition) is 5. The first-order chi connectivity index (χ1) is 7.36. The molecule has 7 nitrogen and oxygen atoms in total. The van der Waals surface area contributed by atoms with Gasteiger partial charge in [-0.1, -0.05) is 11.6 Å². The minimum absolute atomic E-state index is 0.108. The lowest BCUT2D eigenvalue weighted by atomic mass is 10.6. The summed E-state index contributed by atoms with van der Waals surface area (Å²) in [5, 5.41) is 14.0. The molecule has 1 rings (SSSR count). The van der Waals surface area contributed by atoms with Crippen LogP contribution in [0.4, 0.5) is 5.82 Å². The topological polar surface area (TPSA) is 95.1 Å². The third-order valence-electron chi connectivity index (χ3n) is 1.53. The van der Waals surface area contributed by atoms with Gasteiger partial charge in [0.1, 0.15) is 0 Å². The Morgan fingerprint density at radius 1 is 1.62 bits per heavy atom. The summed E-state index contributed by atoms with van der Waals surface area (Å²) in [6.07, 6.45) is 2.40. The lowest BCUT2D eigenvalue weighted by Crippen LogP contribution is -1.97. The van der Waals surface area contributed by atoms with Crippen molar-refractivity contribution in [3.8, 4) is 0 Å². The van der Waals surface area contributed by atoms with E-state index >= 15 is 0 Å². The standard InChI is InChI=1S/C6H5Cl2N3O4S/c7-2-1-3-10-4-5(16(8,14)15)6(9-10)11(12)13/h1-2,4H,3H2/b2-1+. The molecule has 1 aromatic heterocycles. The first-order valence-electron chi connectivity index (χ1n) is 3.78. The molecule has 10 heteroatoms. The molecule has 0 spiro atoms. The second-order valence-corrected chi connectivity index (χ2v) is 5.38. The molecule has 0 unspecified atom stereocenters. The molecule has 0 amide bonds. The van der Waals surface area contributed by atoms with Gasteiger partial charge in [-0.3, -0.25) is 0 Å². The fraction of sp³-hybridized carbons (Fsp3) is 0.167. The summed E-state index contributed by atoms with van der Waals surface area (Å²) in [6, 6.07) is 0. The van der Waals surface area contributed by atoms with Gasteiger partial charge in [-0.15, -0.1) is 0 Å². The van der Waals surface area contributed by atoms with E-state index in [2.05, 4.69) is 5.10 Å². The zero-order chi connectivity index (χ0) is 12.3. The summed E-state index contributed by atoms with van der Waals surface area (Å²) in [5.74, 6) is -0.807. The van der Waals surface area contributed by atoms with Crippen molar-refractivity contribution in [1.29, 1.82) is 0 Å². The highest BCUT2D eigenvalue weighted by atomic mass is 35.7.